The number of aromatic amines is 1. The molecule has 7 rings (SSSR count). The molecular formula is C32H31ClN4. The molecule has 2 aliphatic heterocycles. The molecule has 3 aliphatic rings. The first-order chi connectivity index (χ1) is 18.2. The SMILES string of the molecule is ClC1=C(c2ccc(-c3ccc4cc(-c5cnc(C6CCCC6)[nH]5)ccc4c3)cc2)CC(C2CCCN2)=N1. The lowest BCUT2D eigenvalue weighted by Gasteiger charge is -2.11. The molecule has 3 aromatic carbocycles. The summed E-state index contributed by atoms with van der Waals surface area (Å²) in [6.45, 7) is 1.07. The highest BCUT2D eigenvalue weighted by molar-refractivity contribution is 6.35. The van der Waals surface area contributed by atoms with E-state index in [0.29, 0.717) is 17.1 Å². The molecule has 1 saturated carbocycles. The van der Waals surface area contributed by atoms with Crippen molar-refractivity contribution in [2.45, 2.75) is 56.9 Å². The molecule has 2 fully saturated rings. The first-order valence-electron chi connectivity index (χ1n) is 13.6. The van der Waals surface area contributed by atoms with Crippen molar-refractivity contribution in [1.82, 2.24) is 15.3 Å². The number of fused-ring (bicyclic) bond motifs is 1. The van der Waals surface area contributed by atoms with Gasteiger partial charge < -0.3 is 10.3 Å². The third kappa shape index (κ3) is 4.43. The van der Waals surface area contributed by atoms with Crippen LogP contribution in [0.3, 0.4) is 0 Å². The van der Waals surface area contributed by atoms with Gasteiger partial charge >= 0.3 is 0 Å². The van der Waals surface area contributed by atoms with Gasteiger partial charge in [0.05, 0.1) is 11.9 Å². The van der Waals surface area contributed by atoms with Crippen LogP contribution in [0.1, 0.15) is 62.3 Å². The molecule has 186 valence electrons. The fourth-order valence-corrected chi connectivity index (χ4v) is 6.51. The van der Waals surface area contributed by atoms with Crippen molar-refractivity contribution < 1.29 is 0 Å². The first-order valence-corrected chi connectivity index (χ1v) is 14.0. The minimum absolute atomic E-state index is 0.381. The number of aromatic nitrogens is 2. The highest BCUT2D eigenvalue weighted by atomic mass is 35.5. The molecule has 37 heavy (non-hydrogen) atoms. The van der Waals surface area contributed by atoms with Gasteiger partial charge in [-0.05, 0) is 71.8 Å². The van der Waals surface area contributed by atoms with Crippen LogP contribution in [0.15, 0.2) is 77.0 Å². The Hall–Kier alpha value is -3.21. The summed E-state index contributed by atoms with van der Waals surface area (Å²) in [5.74, 6) is 1.75. The number of imidazole rings is 1. The van der Waals surface area contributed by atoms with E-state index in [9.17, 15) is 0 Å². The van der Waals surface area contributed by atoms with Gasteiger partial charge in [-0.1, -0.05) is 73.0 Å². The highest BCUT2D eigenvalue weighted by Gasteiger charge is 2.26. The Morgan fingerprint density at radius 1 is 0.757 bits per heavy atom. The zero-order chi connectivity index (χ0) is 24.8. The maximum absolute atomic E-state index is 6.56. The Labute approximate surface area is 222 Å². The van der Waals surface area contributed by atoms with Crippen LogP contribution in [-0.4, -0.2) is 28.3 Å². The van der Waals surface area contributed by atoms with Crippen molar-refractivity contribution in [2.24, 2.45) is 4.99 Å². The molecule has 1 unspecified atom stereocenters. The van der Waals surface area contributed by atoms with Crippen LogP contribution in [-0.2, 0) is 0 Å². The van der Waals surface area contributed by atoms with E-state index in [-0.39, 0.29) is 0 Å². The van der Waals surface area contributed by atoms with Gasteiger partial charge in [0.2, 0.25) is 0 Å². The van der Waals surface area contributed by atoms with Crippen molar-refractivity contribution in [2.75, 3.05) is 6.54 Å². The summed E-state index contributed by atoms with van der Waals surface area (Å²) in [5, 5.41) is 6.66. The minimum Gasteiger partial charge on any atom is -0.342 e. The molecule has 4 nitrogen and oxygen atoms in total. The number of halogens is 1. The Morgan fingerprint density at radius 2 is 1.46 bits per heavy atom. The van der Waals surface area contributed by atoms with E-state index in [2.05, 4.69) is 76.0 Å². The van der Waals surface area contributed by atoms with Gasteiger partial charge in [-0.15, -0.1) is 0 Å². The second-order valence-electron chi connectivity index (χ2n) is 10.7. The molecule has 5 heteroatoms. The molecule has 0 spiro atoms. The molecule has 1 saturated heterocycles. The molecule has 1 aromatic heterocycles. The number of hydrogen-bond donors (Lipinski definition) is 2. The second-order valence-corrected chi connectivity index (χ2v) is 11.1. The predicted molar refractivity (Wildman–Crippen MR) is 154 cm³/mol. The smallest absolute Gasteiger partial charge is 0.133 e. The third-order valence-corrected chi connectivity index (χ3v) is 8.68. The molecular weight excluding hydrogens is 476 g/mol. The van der Waals surface area contributed by atoms with Gasteiger partial charge in [0, 0.05) is 35.2 Å². The number of aliphatic imine (C=N–C) groups is 1. The van der Waals surface area contributed by atoms with Crippen LogP contribution < -0.4 is 5.32 Å². The van der Waals surface area contributed by atoms with Crippen LogP contribution in [0.2, 0.25) is 0 Å². The number of nitrogens with one attached hydrogen (secondary N) is 2. The molecule has 0 radical (unpaired) electrons. The second kappa shape index (κ2) is 9.59. The number of allylic oxidation sites excluding steroid dienone is 1. The van der Waals surface area contributed by atoms with Crippen LogP contribution in [0.25, 0.3) is 38.7 Å². The lowest BCUT2D eigenvalue weighted by atomic mass is 9.95. The molecule has 0 amide bonds. The molecule has 1 aliphatic carbocycles. The van der Waals surface area contributed by atoms with Crippen LogP contribution in [0.4, 0.5) is 0 Å². The lowest BCUT2D eigenvalue weighted by molar-refractivity contribution is 0.679. The average Bonchev–Trinajstić information content (AvgIpc) is 3.75. The minimum atomic E-state index is 0.381. The summed E-state index contributed by atoms with van der Waals surface area (Å²) < 4.78 is 0. The third-order valence-electron chi connectivity index (χ3n) is 8.37. The Balaban J connectivity index is 1.09. The number of rotatable bonds is 5. The Morgan fingerprint density at radius 3 is 2.22 bits per heavy atom. The standard InChI is InChI=1S/C32H31ClN4/c33-31-27(18-29(36-31)28-6-3-15-34-28)21-9-7-20(8-10-21)23-11-12-25-17-26(14-13-24(25)16-23)30-19-35-32(37-30)22-4-1-2-5-22/h7-14,16-17,19,22,28,34H,1-6,15,18H2,(H,35,37). The van der Waals surface area contributed by atoms with E-state index >= 15 is 0 Å². The fourth-order valence-electron chi connectivity index (χ4n) is 6.23. The molecule has 3 heterocycles. The molecule has 0 bridgehead atoms. The monoisotopic (exact) mass is 506 g/mol. The van der Waals surface area contributed by atoms with Gasteiger partial charge in [0.15, 0.2) is 0 Å². The summed E-state index contributed by atoms with van der Waals surface area (Å²) in [4.78, 5) is 13.0. The number of H-pyrrole nitrogens is 1. The molecule has 4 aromatic rings. The van der Waals surface area contributed by atoms with Crippen LogP contribution >= 0.6 is 11.6 Å². The quantitative estimate of drug-likeness (QED) is 0.269. The zero-order valence-electron chi connectivity index (χ0n) is 20.9. The zero-order valence-corrected chi connectivity index (χ0v) is 21.7. The maximum atomic E-state index is 6.56. The van der Waals surface area contributed by atoms with Gasteiger partial charge in [-0.3, -0.25) is 0 Å². The molecule has 1 atom stereocenters. The first kappa shape index (κ1) is 22.9. The Bertz CT molecular complexity index is 1520. The topological polar surface area (TPSA) is 53.1 Å². The lowest BCUT2D eigenvalue weighted by Crippen LogP contribution is -2.29. The van der Waals surface area contributed by atoms with Crippen molar-refractivity contribution in [3.63, 3.8) is 0 Å². The van der Waals surface area contributed by atoms with E-state index in [1.807, 2.05) is 6.20 Å². The van der Waals surface area contributed by atoms with E-state index < -0.39 is 0 Å². The van der Waals surface area contributed by atoms with Crippen LogP contribution in [0, 0.1) is 0 Å². The fraction of sp³-hybridized carbons (Fsp3) is 0.312. The largest absolute Gasteiger partial charge is 0.342 e. The van der Waals surface area contributed by atoms with E-state index in [4.69, 9.17) is 16.6 Å². The summed E-state index contributed by atoms with van der Waals surface area (Å²) in [7, 11) is 0. The van der Waals surface area contributed by atoms with Crippen molar-refractivity contribution in [3.05, 3.63) is 83.4 Å². The van der Waals surface area contributed by atoms with Crippen molar-refractivity contribution in [3.8, 4) is 22.4 Å². The van der Waals surface area contributed by atoms with Crippen LogP contribution in [0.5, 0.6) is 0 Å². The number of benzene rings is 3. The van der Waals surface area contributed by atoms with Gasteiger partial charge in [-0.2, -0.15) is 0 Å². The molecule has 2 N–H and O–H groups in total. The van der Waals surface area contributed by atoms with Crippen molar-refractivity contribution in [1.29, 1.82) is 0 Å². The van der Waals surface area contributed by atoms with E-state index in [1.165, 1.54) is 65.3 Å². The summed E-state index contributed by atoms with van der Waals surface area (Å²) in [5.41, 5.74) is 8.20. The van der Waals surface area contributed by atoms with Gasteiger partial charge in [0.25, 0.3) is 0 Å². The van der Waals surface area contributed by atoms with Crippen molar-refractivity contribution >= 4 is 33.7 Å². The summed E-state index contributed by atoms with van der Waals surface area (Å²) in [6.07, 6.45) is 10.4. The van der Waals surface area contributed by atoms with E-state index in [0.717, 1.165) is 42.0 Å². The van der Waals surface area contributed by atoms with E-state index in [1.54, 1.807) is 0 Å². The highest BCUT2D eigenvalue weighted by Crippen LogP contribution is 2.36. The van der Waals surface area contributed by atoms with Gasteiger partial charge in [0.1, 0.15) is 11.0 Å². The van der Waals surface area contributed by atoms with Gasteiger partial charge in [-0.25, -0.2) is 9.98 Å². The predicted octanol–water partition coefficient (Wildman–Crippen LogP) is 8.06. The number of hydrogen-bond acceptors (Lipinski definition) is 3. The maximum Gasteiger partial charge on any atom is 0.133 e. The normalized spacial score (nSPS) is 20.4. The average molecular weight is 507 g/mol. The summed E-state index contributed by atoms with van der Waals surface area (Å²) in [6, 6.07) is 22.5. The Kier molecular flexibility index (Phi) is 5.95. The number of nitrogens with zero attached hydrogens (tertiary/aromatic N) is 2. The summed E-state index contributed by atoms with van der Waals surface area (Å²) >= 11 is 6.56.